The van der Waals surface area contributed by atoms with E-state index in [1.807, 2.05) is 17.7 Å². The Labute approximate surface area is 95.6 Å². The van der Waals surface area contributed by atoms with Crippen molar-refractivity contribution in [2.75, 3.05) is 6.61 Å². The van der Waals surface area contributed by atoms with E-state index in [9.17, 15) is 4.79 Å². The summed E-state index contributed by atoms with van der Waals surface area (Å²) in [4.78, 5) is 16.2. The summed E-state index contributed by atoms with van der Waals surface area (Å²) in [6.07, 6.45) is 4.79. The minimum Gasteiger partial charge on any atom is -0.370 e. The van der Waals surface area contributed by atoms with E-state index >= 15 is 0 Å². The van der Waals surface area contributed by atoms with E-state index in [1.165, 1.54) is 0 Å². The van der Waals surface area contributed by atoms with Crippen LogP contribution in [0.1, 0.15) is 26.1 Å². The molecule has 1 aliphatic heterocycles. The molecular formula is C12H18N2O2. The second-order valence-electron chi connectivity index (χ2n) is 4.33. The number of ether oxygens (including phenoxy) is 1. The standard InChI is InChI=1S/C12H18N2O2/c1-3-14-6-5-13-11(14)8-10(15)12-9(2)4-7-16-12/h5-6,9,12H,3-4,7-8H2,1-2H3. The van der Waals surface area contributed by atoms with Crippen LogP contribution < -0.4 is 0 Å². The molecule has 0 aliphatic carbocycles. The normalized spacial score (nSPS) is 24.9. The lowest BCUT2D eigenvalue weighted by Gasteiger charge is -2.13. The molecule has 1 aromatic rings. The number of hydrogen-bond acceptors (Lipinski definition) is 3. The minimum absolute atomic E-state index is 0.158. The Morgan fingerprint density at radius 2 is 2.50 bits per heavy atom. The summed E-state index contributed by atoms with van der Waals surface area (Å²) < 4.78 is 7.46. The Kier molecular flexibility index (Phi) is 3.39. The number of hydrogen-bond donors (Lipinski definition) is 0. The van der Waals surface area contributed by atoms with Crippen LogP contribution in [0.5, 0.6) is 0 Å². The second-order valence-corrected chi connectivity index (χ2v) is 4.33. The van der Waals surface area contributed by atoms with Gasteiger partial charge in [-0.25, -0.2) is 4.98 Å². The minimum atomic E-state index is -0.220. The third-order valence-corrected chi connectivity index (χ3v) is 3.18. The summed E-state index contributed by atoms with van der Waals surface area (Å²) in [7, 11) is 0. The lowest BCUT2D eigenvalue weighted by Crippen LogP contribution is -2.27. The quantitative estimate of drug-likeness (QED) is 0.774. The first-order valence-electron chi connectivity index (χ1n) is 5.86. The third kappa shape index (κ3) is 2.16. The molecule has 0 spiro atoms. The fraction of sp³-hybridized carbons (Fsp3) is 0.667. The molecule has 1 aliphatic rings. The molecule has 0 saturated carbocycles. The number of Topliss-reactive ketones (excluding diaryl/α,β-unsaturated/α-hetero) is 1. The molecule has 1 aromatic heterocycles. The maximum absolute atomic E-state index is 12.0. The number of rotatable bonds is 4. The molecule has 0 bridgehead atoms. The molecule has 2 heterocycles. The van der Waals surface area contributed by atoms with Crippen molar-refractivity contribution in [3.63, 3.8) is 0 Å². The first-order valence-corrected chi connectivity index (χ1v) is 5.86. The Balaban J connectivity index is 2.02. The van der Waals surface area contributed by atoms with Gasteiger partial charge in [0.25, 0.3) is 0 Å². The Morgan fingerprint density at radius 3 is 3.12 bits per heavy atom. The summed E-state index contributed by atoms with van der Waals surface area (Å²) >= 11 is 0. The molecule has 1 fully saturated rings. The van der Waals surface area contributed by atoms with Gasteiger partial charge in [-0.15, -0.1) is 0 Å². The summed E-state index contributed by atoms with van der Waals surface area (Å²) in [5, 5.41) is 0. The highest BCUT2D eigenvalue weighted by atomic mass is 16.5. The molecule has 0 radical (unpaired) electrons. The Hall–Kier alpha value is -1.16. The topological polar surface area (TPSA) is 44.1 Å². The van der Waals surface area contributed by atoms with Crippen LogP contribution in [0.2, 0.25) is 0 Å². The fourth-order valence-corrected chi connectivity index (χ4v) is 2.16. The van der Waals surface area contributed by atoms with Gasteiger partial charge in [0.15, 0.2) is 5.78 Å². The van der Waals surface area contributed by atoms with Crippen molar-refractivity contribution >= 4 is 5.78 Å². The first kappa shape index (κ1) is 11.3. The molecule has 2 rings (SSSR count). The molecule has 1 saturated heterocycles. The number of carbonyl (C=O) groups excluding carboxylic acids is 1. The summed E-state index contributed by atoms with van der Waals surface area (Å²) in [6.45, 7) is 5.68. The van der Waals surface area contributed by atoms with Crippen LogP contribution in [0.25, 0.3) is 0 Å². The molecule has 88 valence electrons. The number of nitrogens with zero attached hydrogens (tertiary/aromatic N) is 2. The van der Waals surface area contributed by atoms with Crippen LogP contribution >= 0.6 is 0 Å². The van der Waals surface area contributed by atoms with Gasteiger partial charge < -0.3 is 9.30 Å². The SMILES string of the molecule is CCn1ccnc1CC(=O)C1OCCC1C. The summed E-state index contributed by atoms with van der Waals surface area (Å²) in [6, 6.07) is 0. The molecule has 16 heavy (non-hydrogen) atoms. The molecule has 0 aromatic carbocycles. The molecular weight excluding hydrogens is 204 g/mol. The van der Waals surface area contributed by atoms with Crippen molar-refractivity contribution in [3.8, 4) is 0 Å². The van der Waals surface area contributed by atoms with Crippen LogP contribution in [0.3, 0.4) is 0 Å². The zero-order valence-electron chi connectivity index (χ0n) is 9.85. The monoisotopic (exact) mass is 222 g/mol. The highest BCUT2D eigenvalue weighted by Crippen LogP contribution is 2.21. The molecule has 0 N–H and O–H groups in total. The third-order valence-electron chi connectivity index (χ3n) is 3.18. The highest BCUT2D eigenvalue weighted by Gasteiger charge is 2.31. The predicted molar refractivity (Wildman–Crippen MR) is 60.1 cm³/mol. The largest absolute Gasteiger partial charge is 0.370 e. The smallest absolute Gasteiger partial charge is 0.169 e. The number of aromatic nitrogens is 2. The van der Waals surface area contributed by atoms with E-state index in [0.717, 1.165) is 18.8 Å². The molecule has 2 atom stereocenters. The number of aryl methyl sites for hydroxylation is 1. The number of carbonyl (C=O) groups is 1. The fourth-order valence-electron chi connectivity index (χ4n) is 2.16. The van der Waals surface area contributed by atoms with E-state index in [-0.39, 0.29) is 11.9 Å². The average Bonchev–Trinajstić information content (AvgIpc) is 2.86. The first-order chi connectivity index (χ1) is 7.72. The van der Waals surface area contributed by atoms with Gasteiger partial charge in [0.1, 0.15) is 11.9 Å². The molecule has 2 unspecified atom stereocenters. The van der Waals surface area contributed by atoms with Gasteiger partial charge in [-0.2, -0.15) is 0 Å². The predicted octanol–water partition coefficient (Wildman–Crippen LogP) is 1.44. The van der Waals surface area contributed by atoms with Gasteiger partial charge in [0.05, 0.1) is 6.42 Å². The van der Waals surface area contributed by atoms with E-state index < -0.39 is 0 Å². The van der Waals surface area contributed by atoms with Crippen molar-refractivity contribution in [3.05, 3.63) is 18.2 Å². The molecule has 4 heteroatoms. The van der Waals surface area contributed by atoms with Crippen LogP contribution in [-0.2, 0) is 22.5 Å². The maximum Gasteiger partial charge on any atom is 0.169 e. The van der Waals surface area contributed by atoms with Gasteiger partial charge in [0, 0.05) is 25.5 Å². The van der Waals surface area contributed by atoms with Crippen LogP contribution in [-0.4, -0.2) is 28.0 Å². The second kappa shape index (κ2) is 4.78. The zero-order chi connectivity index (χ0) is 11.5. The van der Waals surface area contributed by atoms with Gasteiger partial charge >= 0.3 is 0 Å². The van der Waals surface area contributed by atoms with Gasteiger partial charge in [-0.3, -0.25) is 4.79 Å². The molecule has 0 amide bonds. The lowest BCUT2D eigenvalue weighted by atomic mass is 9.99. The number of imidazole rings is 1. The lowest BCUT2D eigenvalue weighted by molar-refractivity contribution is -0.128. The van der Waals surface area contributed by atoms with E-state index in [4.69, 9.17) is 4.74 Å². The Bertz CT molecular complexity index is 373. The Morgan fingerprint density at radius 1 is 1.69 bits per heavy atom. The van der Waals surface area contributed by atoms with Crippen molar-refractivity contribution < 1.29 is 9.53 Å². The highest BCUT2D eigenvalue weighted by molar-refractivity contribution is 5.85. The summed E-state index contributed by atoms with van der Waals surface area (Å²) in [5.41, 5.74) is 0. The van der Waals surface area contributed by atoms with Gasteiger partial charge in [-0.05, 0) is 19.3 Å². The average molecular weight is 222 g/mol. The van der Waals surface area contributed by atoms with Crippen molar-refractivity contribution in [2.45, 2.75) is 39.3 Å². The van der Waals surface area contributed by atoms with Crippen molar-refractivity contribution in [2.24, 2.45) is 5.92 Å². The van der Waals surface area contributed by atoms with E-state index in [1.54, 1.807) is 6.20 Å². The molecule has 4 nitrogen and oxygen atoms in total. The van der Waals surface area contributed by atoms with Crippen molar-refractivity contribution in [1.82, 2.24) is 9.55 Å². The van der Waals surface area contributed by atoms with Crippen LogP contribution in [0, 0.1) is 5.92 Å². The van der Waals surface area contributed by atoms with Crippen LogP contribution in [0.4, 0.5) is 0 Å². The number of ketones is 1. The van der Waals surface area contributed by atoms with Crippen molar-refractivity contribution in [1.29, 1.82) is 0 Å². The van der Waals surface area contributed by atoms with Gasteiger partial charge in [-0.1, -0.05) is 6.92 Å². The van der Waals surface area contributed by atoms with Crippen LogP contribution in [0.15, 0.2) is 12.4 Å². The summed E-state index contributed by atoms with van der Waals surface area (Å²) in [5.74, 6) is 1.35. The van der Waals surface area contributed by atoms with E-state index in [2.05, 4.69) is 11.9 Å². The van der Waals surface area contributed by atoms with Gasteiger partial charge in [0.2, 0.25) is 0 Å². The zero-order valence-corrected chi connectivity index (χ0v) is 9.85. The maximum atomic E-state index is 12.0. The van der Waals surface area contributed by atoms with E-state index in [0.29, 0.717) is 18.9 Å².